The van der Waals surface area contributed by atoms with E-state index in [0.29, 0.717) is 12.2 Å². The summed E-state index contributed by atoms with van der Waals surface area (Å²) in [4.78, 5) is 7.65. The predicted octanol–water partition coefficient (Wildman–Crippen LogP) is 3.72. The van der Waals surface area contributed by atoms with Crippen molar-refractivity contribution in [1.29, 1.82) is 0 Å². The quantitative estimate of drug-likeness (QED) is 0.405. The number of ether oxygens (including phenoxy) is 1. The Balaban J connectivity index is 0.00000180. The fraction of sp³-hybridized carbons (Fsp3) is 0.682. The molecule has 2 bridgehead atoms. The summed E-state index contributed by atoms with van der Waals surface area (Å²) < 4.78 is 6.14. The minimum atomic E-state index is 0. The third kappa shape index (κ3) is 3.39. The zero-order valence-corrected chi connectivity index (χ0v) is 18.8. The lowest BCUT2D eigenvalue weighted by molar-refractivity contribution is 0.0767. The number of aryl methyl sites for hydroxylation is 1. The molecular formula is C22H32IN3O. The first-order valence-corrected chi connectivity index (χ1v) is 10.4. The molecule has 0 spiro atoms. The number of fused-ring (bicyclic) bond motifs is 5. The minimum Gasteiger partial charge on any atom is -0.374 e. The van der Waals surface area contributed by atoms with Gasteiger partial charge in [-0.05, 0) is 50.7 Å². The molecule has 3 aliphatic heterocycles. The summed E-state index contributed by atoms with van der Waals surface area (Å²) in [5.74, 6) is 2.58. The summed E-state index contributed by atoms with van der Waals surface area (Å²) in [6.07, 6.45) is 6.10. The van der Waals surface area contributed by atoms with E-state index in [1.54, 1.807) is 0 Å². The van der Waals surface area contributed by atoms with Gasteiger partial charge in [-0.3, -0.25) is 4.99 Å². The van der Waals surface area contributed by atoms with Crippen LogP contribution in [0.4, 0.5) is 0 Å². The van der Waals surface area contributed by atoms with Gasteiger partial charge in [0.15, 0.2) is 5.96 Å². The third-order valence-corrected chi connectivity index (χ3v) is 7.19. The van der Waals surface area contributed by atoms with Crippen molar-refractivity contribution >= 4 is 29.9 Å². The molecule has 5 rings (SSSR count). The summed E-state index contributed by atoms with van der Waals surface area (Å²) in [6, 6.07) is 8.86. The summed E-state index contributed by atoms with van der Waals surface area (Å²) in [5.41, 5.74) is 3.20. The van der Waals surface area contributed by atoms with Crippen LogP contribution >= 0.6 is 24.0 Å². The number of benzene rings is 1. The van der Waals surface area contributed by atoms with Crippen molar-refractivity contribution in [3.05, 3.63) is 35.4 Å². The molecule has 0 amide bonds. The van der Waals surface area contributed by atoms with Gasteiger partial charge in [-0.2, -0.15) is 0 Å². The van der Waals surface area contributed by atoms with Gasteiger partial charge in [-0.1, -0.05) is 24.3 Å². The predicted molar refractivity (Wildman–Crippen MR) is 120 cm³/mol. The molecule has 4 aliphatic rings. The molecule has 1 aromatic carbocycles. The highest BCUT2D eigenvalue weighted by molar-refractivity contribution is 14.0. The fourth-order valence-electron chi connectivity index (χ4n) is 5.62. The van der Waals surface area contributed by atoms with Crippen LogP contribution in [0.3, 0.4) is 0 Å². The number of hydrogen-bond donors (Lipinski definition) is 1. The average Bonchev–Trinajstić information content (AvgIpc) is 3.00. The van der Waals surface area contributed by atoms with E-state index >= 15 is 0 Å². The van der Waals surface area contributed by atoms with Crippen LogP contribution < -0.4 is 5.32 Å². The van der Waals surface area contributed by atoms with Gasteiger partial charge >= 0.3 is 0 Å². The van der Waals surface area contributed by atoms with Crippen LogP contribution in [-0.2, 0) is 10.2 Å². The second-order valence-electron chi connectivity index (χ2n) is 8.79. The van der Waals surface area contributed by atoms with Crippen molar-refractivity contribution in [2.75, 3.05) is 26.2 Å². The Bertz CT molecular complexity index is 699. The zero-order valence-electron chi connectivity index (χ0n) is 16.5. The number of likely N-dealkylation sites (tertiary alicyclic amines) is 1. The molecule has 0 radical (unpaired) electrons. The van der Waals surface area contributed by atoms with E-state index in [4.69, 9.17) is 9.73 Å². The van der Waals surface area contributed by atoms with Crippen LogP contribution in [0.15, 0.2) is 29.3 Å². The Morgan fingerprint density at radius 3 is 2.44 bits per heavy atom. The highest BCUT2D eigenvalue weighted by Crippen LogP contribution is 2.50. The van der Waals surface area contributed by atoms with Crippen molar-refractivity contribution in [3.8, 4) is 0 Å². The van der Waals surface area contributed by atoms with E-state index in [-0.39, 0.29) is 29.4 Å². The Labute approximate surface area is 180 Å². The number of hydrogen-bond acceptors (Lipinski definition) is 2. The molecule has 1 N–H and O–H groups in total. The van der Waals surface area contributed by atoms with Gasteiger partial charge in [-0.25, -0.2) is 0 Å². The second kappa shape index (κ2) is 7.54. The lowest BCUT2D eigenvalue weighted by Crippen LogP contribution is -2.41. The number of nitrogens with one attached hydrogen (secondary N) is 1. The van der Waals surface area contributed by atoms with Crippen LogP contribution in [-0.4, -0.2) is 49.2 Å². The van der Waals surface area contributed by atoms with Crippen LogP contribution in [0.25, 0.3) is 0 Å². The van der Waals surface area contributed by atoms with Crippen molar-refractivity contribution in [2.24, 2.45) is 16.8 Å². The van der Waals surface area contributed by atoms with Gasteiger partial charge in [0, 0.05) is 36.9 Å². The van der Waals surface area contributed by atoms with Crippen molar-refractivity contribution in [2.45, 2.75) is 57.2 Å². The Kier molecular flexibility index (Phi) is 5.45. The first-order chi connectivity index (χ1) is 12.7. The molecule has 4 nitrogen and oxygen atoms in total. The SMILES string of the molecule is CCNC(=NCC1(c2ccccc2C)CC1)N1CC2C3CCC(O3)C2C1.I. The molecule has 1 aromatic rings. The summed E-state index contributed by atoms with van der Waals surface area (Å²) >= 11 is 0. The summed E-state index contributed by atoms with van der Waals surface area (Å²) in [6.45, 7) is 8.50. The van der Waals surface area contributed by atoms with Crippen molar-refractivity contribution in [1.82, 2.24) is 10.2 Å². The number of rotatable bonds is 4. The van der Waals surface area contributed by atoms with Crippen LogP contribution in [0.5, 0.6) is 0 Å². The lowest BCUT2D eigenvalue weighted by atomic mass is 9.82. The van der Waals surface area contributed by atoms with Crippen LogP contribution in [0.2, 0.25) is 0 Å². The fourth-order valence-corrected chi connectivity index (χ4v) is 5.62. The number of nitrogens with zero attached hydrogens (tertiary/aromatic N) is 2. The number of aliphatic imine (C=N–C) groups is 1. The van der Waals surface area contributed by atoms with Gasteiger partial charge in [0.25, 0.3) is 0 Å². The summed E-state index contributed by atoms with van der Waals surface area (Å²) in [5, 5.41) is 3.57. The molecule has 1 aliphatic carbocycles. The van der Waals surface area contributed by atoms with E-state index < -0.39 is 0 Å². The molecule has 3 heterocycles. The van der Waals surface area contributed by atoms with Gasteiger partial charge in [0.05, 0.1) is 18.8 Å². The average molecular weight is 481 g/mol. The molecule has 27 heavy (non-hydrogen) atoms. The van der Waals surface area contributed by atoms with Crippen LogP contribution in [0.1, 0.15) is 43.7 Å². The van der Waals surface area contributed by atoms with Crippen molar-refractivity contribution < 1.29 is 4.74 Å². The maximum Gasteiger partial charge on any atom is 0.193 e. The number of halogens is 1. The highest BCUT2D eigenvalue weighted by atomic mass is 127. The Morgan fingerprint density at radius 1 is 1.19 bits per heavy atom. The van der Waals surface area contributed by atoms with E-state index in [2.05, 4.69) is 48.3 Å². The molecule has 4 atom stereocenters. The zero-order chi connectivity index (χ0) is 17.7. The maximum atomic E-state index is 6.14. The lowest BCUT2D eigenvalue weighted by Gasteiger charge is -2.24. The Hall–Kier alpha value is -0.820. The molecule has 4 fully saturated rings. The van der Waals surface area contributed by atoms with E-state index in [1.807, 2.05) is 0 Å². The van der Waals surface area contributed by atoms with E-state index in [9.17, 15) is 0 Å². The smallest absolute Gasteiger partial charge is 0.193 e. The molecule has 5 heteroatoms. The van der Waals surface area contributed by atoms with Gasteiger partial charge in [0.1, 0.15) is 0 Å². The molecule has 148 valence electrons. The number of guanidine groups is 1. The van der Waals surface area contributed by atoms with Gasteiger partial charge in [-0.15, -0.1) is 24.0 Å². The van der Waals surface area contributed by atoms with Crippen LogP contribution in [0, 0.1) is 18.8 Å². The molecule has 3 saturated heterocycles. The third-order valence-electron chi connectivity index (χ3n) is 7.19. The molecule has 0 aromatic heterocycles. The highest BCUT2D eigenvalue weighted by Gasteiger charge is 2.53. The van der Waals surface area contributed by atoms with Gasteiger partial charge < -0.3 is 15.0 Å². The standard InChI is InChI=1S/C22H31N3O.HI/c1-3-23-21(25-12-16-17(13-25)20-9-8-19(16)26-20)24-14-22(10-11-22)18-7-5-4-6-15(18)2;/h4-7,16-17,19-20H,3,8-14H2,1-2H3,(H,23,24);1H. The molecule has 1 saturated carbocycles. The van der Waals surface area contributed by atoms with Gasteiger partial charge in [0.2, 0.25) is 0 Å². The molecular weight excluding hydrogens is 449 g/mol. The first kappa shape index (κ1) is 19.5. The topological polar surface area (TPSA) is 36.9 Å². The largest absolute Gasteiger partial charge is 0.374 e. The minimum absolute atomic E-state index is 0. The van der Waals surface area contributed by atoms with E-state index in [1.165, 1.54) is 36.8 Å². The van der Waals surface area contributed by atoms with Crippen molar-refractivity contribution in [3.63, 3.8) is 0 Å². The monoisotopic (exact) mass is 481 g/mol. The first-order valence-electron chi connectivity index (χ1n) is 10.4. The maximum absolute atomic E-state index is 6.14. The normalized spacial score (nSPS) is 33.0. The van der Waals surface area contributed by atoms with E-state index in [0.717, 1.165) is 44.0 Å². The molecule has 4 unspecified atom stereocenters. The Morgan fingerprint density at radius 2 is 1.85 bits per heavy atom. The second-order valence-corrected chi connectivity index (χ2v) is 8.79. The summed E-state index contributed by atoms with van der Waals surface area (Å²) in [7, 11) is 0.